The van der Waals surface area contributed by atoms with Gasteiger partial charge in [-0.2, -0.15) is 4.31 Å². The van der Waals surface area contributed by atoms with E-state index in [4.69, 9.17) is 9.84 Å². The predicted molar refractivity (Wildman–Crippen MR) is 73.6 cm³/mol. The molecule has 0 aliphatic carbocycles. The van der Waals surface area contributed by atoms with Gasteiger partial charge in [0.25, 0.3) is 10.0 Å². The first kappa shape index (κ1) is 16.3. The normalized spacial score (nSPS) is 24.0. The highest BCUT2D eigenvalue weighted by Gasteiger charge is 2.38. The number of hydrogen-bond donors (Lipinski definition) is 1. The van der Waals surface area contributed by atoms with E-state index in [1.165, 1.54) is 9.82 Å². The summed E-state index contributed by atoms with van der Waals surface area (Å²) in [5.74, 6) is -0.797. The molecule has 2 rings (SSSR count). The Bertz CT molecular complexity index is 614. The first-order valence-electron chi connectivity index (χ1n) is 6.18. The van der Waals surface area contributed by atoms with Crippen LogP contribution >= 0.6 is 11.3 Å². The molecule has 0 spiro atoms. The van der Waals surface area contributed by atoms with Crippen molar-refractivity contribution in [1.29, 1.82) is 0 Å². The topological polar surface area (TPSA) is 106 Å². The number of hydrogen-bond acceptors (Lipinski definition) is 8. The molecule has 1 aliphatic heterocycles. The third-order valence-electron chi connectivity index (χ3n) is 3.11. The quantitative estimate of drug-likeness (QED) is 0.752. The van der Waals surface area contributed by atoms with E-state index in [1.54, 1.807) is 6.92 Å². The molecule has 8 nitrogen and oxygen atoms in total. The molecule has 10 heteroatoms. The van der Waals surface area contributed by atoms with Gasteiger partial charge in [-0.3, -0.25) is 0 Å². The Morgan fingerprint density at radius 1 is 1.67 bits per heavy atom. The maximum Gasteiger partial charge on any atom is 0.358 e. The van der Waals surface area contributed by atoms with Crippen LogP contribution in [0.1, 0.15) is 17.4 Å². The third-order valence-corrected chi connectivity index (χ3v) is 6.44. The number of carbonyl (C=O) groups is 1. The van der Waals surface area contributed by atoms with Crippen LogP contribution in [0.5, 0.6) is 0 Å². The Morgan fingerprint density at radius 2 is 2.38 bits per heavy atom. The van der Waals surface area contributed by atoms with E-state index in [0.717, 1.165) is 18.4 Å². The number of aliphatic hydroxyl groups excluding tert-OH is 1. The summed E-state index contributed by atoms with van der Waals surface area (Å²) in [6.07, 6.45) is -0.578. The van der Waals surface area contributed by atoms with Crippen LogP contribution in [-0.4, -0.2) is 67.8 Å². The van der Waals surface area contributed by atoms with Crippen LogP contribution in [0.25, 0.3) is 0 Å². The summed E-state index contributed by atoms with van der Waals surface area (Å²) < 4.78 is 36.4. The van der Waals surface area contributed by atoms with Crippen LogP contribution < -0.4 is 0 Å². The molecule has 1 aliphatic rings. The minimum atomic E-state index is -3.90. The summed E-state index contributed by atoms with van der Waals surface area (Å²) in [7, 11) is -2.74. The molecule has 2 unspecified atom stereocenters. The summed E-state index contributed by atoms with van der Waals surface area (Å²) in [6, 6.07) is -0.398. The number of thiazole rings is 1. The third kappa shape index (κ3) is 3.09. The molecule has 0 aromatic carbocycles. The van der Waals surface area contributed by atoms with Crippen molar-refractivity contribution >= 4 is 27.3 Å². The van der Waals surface area contributed by atoms with E-state index < -0.39 is 28.1 Å². The number of carbonyl (C=O) groups excluding carboxylic acids is 1. The van der Waals surface area contributed by atoms with E-state index in [2.05, 4.69) is 9.72 Å². The zero-order valence-electron chi connectivity index (χ0n) is 11.6. The van der Waals surface area contributed by atoms with Gasteiger partial charge in [-0.15, -0.1) is 11.3 Å². The van der Waals surface area contributed by atoms with Gasteiger partial charge in [0.1, 0.15) is 0 Å². The van der Waals surface area contributed by atoms with E-state index in [1.807, 2.05) is 0 Å². The lowest BCUT2D eigenvalue weighted by Gasteiger charge is -2.35. The highest BCUT2D eigenvalue weighted by Crippen LogP contribution is 2.28. The zero-order valence-corrected chi connectivity index (χ0v) is 13.2. The van der Waals surface area contributed by atoms with Gasteiger partial charge in [0.2, 0.25) is 0 Å². The van der Waals surface area contributed by atoms with Crippen LogP contribution in [0.4, 0.5) is 0 Å². The monoisotopic (exact) mass is 336 g/mol. The van der Waals surface area contributed by atoms with Gasteiger partial charge >= 0.3 is 5.97 Å². The zero-order chi connectivity index (χ0) is 15.6. The number of rotatable bonds is 4. The van der Waals surface area contributed by atoms with Gasteiger partial charge in [-0.25, -0.2) is 18.2 Å². The number of nitrogens with zero attached hydrogens (tertiary/aromatic N) is 2. The standard InChI is InChI=1S/C11H16N2O6S2/c1-7-5-19-8(4-14)3-13(7)21(16,17)11-9(10(15)18-2)12-6-20-11/h6-8,14H,3-5H2,1-2H3. The summed E-state index contributed by atoms with van der Waals surface area (Å²) in [6.45, 7) is 1.63. The van der Waals surface area contributed by atoms with Gasteiger partial charge < -0.3 is 14.6 Å². The largest absolute Gasteiger partial charge is 0.464 e. The van der Waals surface area contributed by atoms with E-state index in [0.29, 0.717) is 0 Å². The Balaban J connectivity index is 2.37. The molecule has 1 N–H and O–H groups in total. The van der Waals surface area contributed by atoms with Crippen molar-refractivity contribution in [3.05, 3.63) is 11.2 Å². The second-order valence-electron chi connectivity index (χ2n) is 4.54. The van der Waals surface area contributed by atoms with Crippen LogP contribution in [0.15, 0.2) is 9.72 Å². The van der Waals surface area contributed by atoms with Crippen LogP contribution in [0.2, 0.25) is 0 Å². The van der Waals surface area contributed by atoms with E-state index >= 15 is 0 Å². The van der Waals surface area contributed by atoms with E-state index in [-0.39, 0.29) is 29.7 Å². The average molecular weight is 336 g/mol. The second kappa shape index (κ2) is 6.36. The second-order valence-corrected chi connectivity index (χ2v) is 7.48. The number of ether oxygens (including phenoxy) is 2. The molecular formula is C11H16N2O6S2. The van der Waals surface area contributed by atoms with Gasteiger partial charge in [-0.05, 0) is 6.92 Å². The Morgan fingerprint density at radius 3 is 3.00 bits per heavy atom. The van der Waals surface area contributed by atoms with Gasteiger partial charge in [0.05, 0.1) is 31.9 Å². The molecule has 118 valence electrons. The number of methoxy groups -OCH3 is 1. The lowest BCUT2D eigenvalue weighted by molar-refractivity contribution is -0.0515. The number of sulfonamides is 1. The molecule has 0 saturated carbocycles. The molecular weight excluding hydrogens is 320 g/mol. The fourth-order valence-corrected chi connectivity index (χ4v) is 4.89. The van der Waals surface area contributed by atoms with Gasteiger partial charge in [0.15, 0.2) is 9.90 Å². The Labute approximate surface area is 126 Å². The van der Waals surface area contributed by atoms with Gasteiger partial charge in [0, 0.05) is 12.6 Å². The fraction of sp³-hybridized carbons (Fsp3) is 0.636. The minimum absolute atomic E-state index is 0.0263. The van der Waals surface area contributed by atoms with Crippen molar-refractivity contribution in [2.45, 2.75) is 23.3 Å². The fourth-order valence-electron chi connectivity index (χ4n) is 1.99. The maximum atomic E-state index is 12.7. The summed E-state index contributed by atoms with van der Waals surface area (Å²) >= 11 is 0.860. The van der Waals surface area contributed by atoms with Crippen molar-refractivity contribution < 1.29 is 27.8 Å². The summed E-state index contributed by atoms with van der Waals surface area (Å²) in [5, 5.41) is 9.14. The molecule has 0 amide bonds. The predicted octanol–water partition coefficient (Wildman–Crippen LogP) is -0.300. The lowest BCUT2D eigenvalue weighted by Crippen LogP contribution is -2.51. The number of aromatic nitrogens is 1. The highest BCUT2D eigenvalue weighted by molar-refractivity contribution is 7.91. The Hall–Kier alpha value is -1.07. The highest BCUT2D eigenvalue weighted by atomic mass is 32.2. The maximum absolute atomic E-state index is 12.7. The summed E-state index contributed by atoms with van der Waals surface area (Å²) in [4.78, 5) is 15.4. The minimum Gasteiger partial charge on any atom is -0.464 e. The van der Waals surface area contributed by atoms with Crippen molar-refractivity contribution in [3.8, 4) is 0 Å². The number of aliphatic hydroxyl groups is 1. The molecule has 2 heterocycles. The van der Waals surface area contributed by atoms with Crippen molar-refractivity contribution in [1.82, 2.24) is 9.29 Å². The Kier molecular flexibility index (Phi) is 4.94. The molecule has 1 fully saturated rings. The molecule has 0 radical (unpaired) electrons. The molecule has 21 heavy (non-hydrogen) atoms. The summed E-state index contributed by atoms with van der Waals surface area (Å²) in [5.41, 5.74) is 1.06. The van der Waals surface area contributed by atoms with Crippen LogP contribution in [-0.2, 0) is 19.5 Å². The smallest absolute Gasteiger partial charge is 0.358 e. The first-order valence-corrected chi connectivity index (χ1v) is 8.50. The van der Waals surface area contributed by atoms with Crippen molar-refractivity contribution in [2.75, 3.05) is 26.9 Å². The van der Waals surface area contributed by atoms with Crippen LogP contribution in [0.3, 0.4) is 0 Å². The molecule has 1 aromatic rings. The van der Waals surface area contributed by atoms with Gasteiger partial charge in [-0.1, -0.05) is 0 Å². The SMILES string of the molecule is COC(=O)c1ncsc1S(=O)(=O)N1CC(CO)OCC1C. The molecule has 0 bridgehead atoms. The average Bonchev–Trinajstić information content (AvgIpc) is 2.97. The van der Waals surface area contributed by atoms with Crippen molar-refractivity contribution in [2.24, 2.45) is 0 Å². The van der Waals surface area contributed by atoms with Crippen LogP contribution in [0, 0.1) is 0 Å². The first-order chi connectivity index (χ1) is 9.91. The number of morpholine rings is 1. The number of esters is 1. The van der Waals surface area contributed by atoms with E-state index in [9.17, 15) is 13.2 Å². The lowest BCUT2D eigenvalue weighted by atomic mass is 10.2. The molecule has 2 atom stereocenters. The molecule has 1 aromatic heterocycles. The molecule has 1 saturated heterocycles. The van der Waals surface area contributed by atoms with Crippen molar-refractivity contribution in [3.63, 3.8) is 0 Å².